The van der Waals surface area contributed by atoms with Crippen molar-refractivity contribution in [3.63, 3.8) is 0 Å². The first-order valence-electron chi connectivity index (χ1n) is 6.85. The molecule has 0 radical (unpaired) electrons. The number of ether oxygens (including phenoxy) is 1. The van der Waals surface area contributed by atoms with Crippen molar-refractivity contribution < 1.29 is 14.3 Å². The van der Waals surface area contributed by atoms with Crippen LogP contribution in [0.5, 0.6) is 5.75 Å². The van der Waals surface area contributed by atoms with Crippen LogP contribution in [-0.4, -0.2) is 28.7 Å². The Bertz CT molecular complexity index is 678. The number of imide groups is 1. The van der Waals surface area contributed by atoms with Crippen LogP contribution in [0.1, 0.15) is 19.4 Å². The molecule has 4 nitrogen and oxygen atoms in total. The Morgan fingerprint density at radius 1 is 1.30 bits per heavy atom. The van der Waals surface area contributed by atoms with Gasteiger partial charge in [0.25, 0.3) is 11.1 Å². The molecule has 7 heteroatoms. The molecule has 2 rings (SSSR count). The highest BCUT2D eigenvalue weighted by atomic mass is 127. The summed E-state index contributed by atoms with van der Waals surface area (Å²) in [5.74, 6) is 0.575. The van der Waals surface area contributed by atoms with Crippen LogP contribution in [0.4, 0.5) is 4.79 Å². The average Bonchev–Trinajstić information content (AvgIpc) is 2.72. The highest BCUT2D eigenvalue weighted by Crippen LogP contribution is 2.35. The lowest BCUT2D eigenvalue weighted by molar-refractivity contribution is -0.123. The van der Waals surface area contributed by atoms with Gasteiger partial charge in [0.1, 0.15) is 12.4 Å². The minimum atomic E-state index is -0.230. The van der Waals surface area contributed by atoms with Gasteiger partial charge < -0.3 is 4.74 Å². The largest absolute Gasteiger partial charge is 0.487 e. The van der Waals surface area contributed by atoms with Crippen molar-refractivity contribution >= 4 is 74.2 Å². The second kappa shape index (κ2) is 8.02. The molecule has 0 saturated carbocycles. The van der Waals surface area contributed by atoms with Crippen LogP contribution < -0.4 is 4.74 Å². The Hall–Kier alpha value is -0.550. The molecule has 2 amide bonds. The maximum atomic E-state index is 12.3. The number of nitrogens with zero attached hydrogens (tertiary/aromatic N) is 1. The van der Waals surface area contributed by atoms with Crippen molar-refractivity contribution in [2.75, 3.05) is 6.61 Å². The van der Waals surface area contributed by atoms with Gasteiger partial charge in [-0.1, -0.05) is 12.7 Å². The molecule has 1 aliphatic heterocycles. The van der Waals surface area contributed by atoms with Gasteiger partial charge in [-0.3, -0.25) is 14.5 Å². The Labute approximate surface area is 167 Å². The van der Waals surface area contributed by atoms with Gasteiger partial charge in [0.05, 0.1) is 12.0 Å². The summed E-state index contributed by atoms with van der Waals surface area (Å²) >= 11 is 5.38. The van der Waals surface area contributed by atoms with Crippen molar-refractivity contribution in [1.29, 1.82) is 0 Å². The number of amides is 2. The van der Waals surface area contributed by atoms with Crippen LogP contribution >= 0.6 is 56.9 Å². The maximum Gasteiger partial charge on any atom is 0.293 e. The molecule has 1 fully saturated rings. The summed E-state index contributed by atoms with van der Waals surface area (Å²) in [6, 6.07) is 3.73. The van der Waals surface area contributed by atoms with Gasteiger partial charge >= 0.3 is 0 Å². The zero-order chi connectivity index (χ0) is 17.1. The van der Waals surface area contributed by atoms with Gasteiger partial charge in [-0.2, -0.15) is 0 Å². The van der Waals surface area contributed by atoms with E-state index in [0.29, 0.717) is 11.5 Å². The fourth-order valence-electron chi connectivity index (χ4n) is 2.02. The molecule has 1 aromatic carbocycles. The summed E-state index contributed by atoms with van der Waals surface area (Å²) in [5, 5.41) is -0.216. The van der Waals surface area contributed by atoms with Crippen molar-refractivity contribution in [2.24, 2.45) is 0 Å². The molecule has 0 unspecified atom stereocenters. The molecule has 0 N–H and O–H groups in total. The second-order valence-corrected chi connectivity index (χ2v) is 8.38. The molecule has 0 bridgehead atoms. The summed E-state index contributed by atoms with van der Waals surface area (Å²) < 4.78 is 7.54. The molecule has 1 saturated heterocycles. The standard InChI is InChI=1S/C16H15I2NO3S/c1-4-5-22-14-11(17)6-10(7-12(14)18)8-13-15(20)19(9(2)3)16(21)23-13/h4,6-9H,1,5H2,2-3H3/b13-8+. The number of benzene rings is 1. The van der Waals surface area contributed by atoms with Crippen LogP contribution in [0.15, 0.2) is 29.7 Å². The molecule has 23 heavy (non-hydrogen) atoms. The van der Waals surface area contributed by atoms with Crippen molar-refractivity contribution in [1.82, 2.24) is 4.90 Å². The predicted octanol–water partition coefficient (Wildman–Crippen LogP) is 4.91. The Balaban J connectivity index is 2.32. The number of carbonyl (C=O) groups excluding carboxylic acids is 2. The number of hydrogen-bond acceptors (Lipinski definition) is 4. The molecule has 1 aromatic rings. The fraction of sp³-hybridized carbons (Fsp3) is 0.250. The summed E-state index contributed by atoms with van der Waals surface area (Å²) in [6.45, 7) is 7.75. The van der Waals surface area contributed by atoms with Gasteiger partial charge in [-0.05, 0) is 94.6 Å². The van der Waals surface area contributed by atoms with Crippen molar-refractivity contribution in [3.05, 3.63) is 42.4 Å². The number of hydrogen-bond donors (Lipinski definition) is 0. The minimum Gasteiger partial charge on any atom is -0.487 e. The van der Waals surface area contributed by atoms with E-state index in [1.54, 1.807) is 12.2 Å². The average molecular weight is 555 g/mol. The molecule has 0 aliphatic carbocycles. The van der Waals surface area contributed by atoms with E-state index in [2.05, 4.69) is 51.8 Å². The Kier molecular flexibility index (Phi) is 6.55. The molecule has 0 atom stereocenters. The fourth-order valence-corrected chi connectivity index (χ4v) is 5.11. The van der Waals surface area contributed by atoms with Gasteiger partial charge in [0, 0.05) is 6.04 Å². The SMILES string of the molecule is C=CCOc1c(I)cc(/C=C2/SC(=O)N(C(C)C)C2=O)cc1I. The topological polar surface area (TPSA) is 46.6 Å². The van der Waals surface area contributed by atoms with Gasteiger partial charge in [0.2, 0.25) is 0 Å². The van der Waals surface area contributed by atoms with Gasteiger partial charge in [0.15, 0.2) is 0 Å². The first-order chi connectivity index (χ1) is 10.8. The molecule has 0 spiro atoms. The lowest BCUT2D eigenvalue weighted by Gasteiger charge is -2.16. The van der Waals surface area contributed by atoms with Crippen LogP contribution in [0.3, 0.4) is 0 Å². The summed E-state index contributed by atoms with van der Waals surface area (Å²) in [7, 11) is 0. The zero-order valence-corrected chi connectivity index (χ0v) is 17.8. The first-order valence-corrected chi connectivity index (χ1v) is 9.82. The Morgan fingerprint density at radius 3 is 2.39 bits per heavy atom. The van der Waals surface area contributed by atoms with Gasteiger partial charge in [-0.15, -0.1) is 0 Å². The second-order valence-electron chi connectivity index (χ2n) is 5.06. The number of carbonyl (C=O) groups is 2. The summed E-state index contributed by atoms with van der Waals surface area (Å²) in [4.78, 5) is 26.0. The lowest BCUT2D eigenvalue weighted by Crippen LogP contribution is -2.34. The molecule has 122 valence electrons. The quantitative estimate of drug-likeness (QED) is 0.295. The number of thioether (sulfide) groups is 1. The van der Waals surface area contributed by atoms with Crippen LogP contribution in [0.2, 0.25) is 0 Å². The summed E-state index contributed by atoms with van der Waals surface area (Å²) in [6.07, 6.45) is 3.46. The van der Waals surface area contributed by atoms with E-state index in [-0.39, 0.29) is 17.2 Å². The highest BCUT2D eigenvalue weighted by Gasteiger charge is 2.36. The van der Waals surface area contributed by atoms with E-state index in [1.807, 2.05) is 26.0 Å². The predicted molar refractivity (Wildman–Crippen MR) is 111 cm³/mol. The maximum absolute atomic E-state index is 12.3. The van der Waals surface area contributed by atoms with Gasteiger partial charge in [-0.25, -0.2) is 0 Å². The van der Waals surface area contributed by atoms with Crippen LogP contribution in [0, 0.1) is 7.14 Å². The third-order valence-corrected chi connectivity index (χ3v) is 5.49. The van der Waals surface area contributed by atoms with E-state index in [4.69, 9.17) is 4.74 Å². The minimum absolute atomic E-state index is 0.136. The van der Waals surface area contributed by atoms with E-state index < -0.39 is 0 Å². The van der Waals surface area contributed by atoms with Crippen LogP contribution in [-0.2, 0) is 4.79 Å². The normalized spacial score (nSPS) is 16.6. The lowest BCUT2D eigenvalue weighted by atomic mass is 10.2. The number of rotatable bonds is 5. The van der Waals surface area contributed by atoms with E-state index >= 15 is 0 Å². The molecule has 1 heterocycles. The van der Waals surface area contributed by atoms with Crippen molar-refractivity contribution in [3.8, 4) is 5.75 Å². The third-order valence-electron chi connectivity index (χ3n) is 3.00. The van der Waals surface area contributed by atoms with E-state index in [1.165, 1.54) is 4.90 Å². The Morgan fingerprint density at radius 2 is 1.91 bits per heavy atom. The monoisotopic (exact) mass is 555 g/mol. The molecular weight excluding hydrogens is 540 g/mol. The third kappa shape index (κ3) is 4.30. The van der Waals surface area contributed by atoms with Crippen molar-refractivity contribution in [2.45, 2.75) is 19.9 Å². The van der Waals surface area contributed by atoms with Crippen LogP contribution in [0.25, 0.3) is 6.08 Å². The molecular formula is C16H15I2NO3S. The smallest absolute Gasteiger partial charge is 0.293 e. The highest BCUT2D eigenvalue weighted by molar-refractivity contribution is 14.1. The first kappa shape index (κ1) is 18.8. The molecule has 0 aromatic heterocycles. The molecule has 1 aliphatic rings. The summed E-state index contributed by atoms with van der Waals surface area (Å²) in [5.41, 5.74) is 0.874. The van der Waals surface area contributed by atoms with E-state index in [9.17, 15) is 9.59 Å². The zero-order valence-electron chi connectivity index (χ0n) is 12.6. The number of halogens is 2. The van der Waals surface area contributed by atoms with E-state index in [0.717, 1.165) is 30.2 Å².